The highest BCUT2D eigenvalue weighted by molar-refractivity contribution is 4.94. The number of hydrogen-bond donors (Lipinski definition) is 0. The van der Waals surface area contributed by atoms with Gasteiger partial charge in [-0.25, -0.2) is 0 Å². The number of rotatable bonds is 1. The lowest BCUT2D eigenvalue weighted by atomic mass is 9.99. The molecule has 1 aliphatic heterocycles. The van der Waals surface area contributed by atoms with Crippen molar-refractivity contribution in [3.8, 4) is 0 Å². The Morgan fingerprint density at radius 3 is 2.46 bits per heavy atom. The summed E-state index contributed by atoms with van der Waals surface area (Å²) >= 11 is 0. The molecule has 0 amide bonds. The summed E-state index contributed by atoms with van der Waals surface area (Å²) in [5.74, 6) is 0.930. The first-order valence-electron chi connectivity index (χ1n) is 5.43. The van der Waals surface area contributed by atoms with Crippen molar-refractivity contribution in [1.29, 1.82) is 0 Å². The molecule has 1 saturated carbocycles. The topological polar surface area (TPSA) is 12.5 Å². The predicted octanol–water partition coefficient (Wildman–Crippen LogP) is 1.90. The van der Waals surface area contributed by atoms with E-state index in [4.69, 9.17) is 4.74 Å². The van der Waals surface area contributed by atoms with E-state index in [9.17, 15) is 0 Å². The van der Waals surface area contributed by atoms with Crippen LogP contribution in [0.5, 0.6) is 0 Å². The molecule has 0 aromatic heterocycles. The second-order valence-electron chi connectivity index (χ2n) is 5.34. The summed E-state index contributed by atoms with van der Waals surface area (Å²) in [6.07, 6.45) is 2.83. The van der Waals surface area contributed by atoms with Crippen molar-refractivity contribution in [2.24, 2.45) is 5.92 Å². The molecule has 0 aromatic carbocycles. The van der Waals surface area contributed by atoms with Crippen molar-refractivity contribution in [3.05, 3.63) is 0 Å². The van der Waals surface area contributed by atoms with Gasteiger partial charge in [-0.3, -0.25) is 4.90 Å². The Morgan fingerprint density at radius 1 is 1.23 bits per heavy atom. The lowest BCUT2D eigenvalue weighted by molar-refractivity contribution is -0.0566. The average Bonchev–Trinajstić information content (AvgIpc) is 2.85. The van der Waals surface area contributed by atoms with Gasteiger partial charge in [0.1, 0.15) is 0 Å². The minimum Gasteiger partial charge on any atom is -0.378 e. The molecule has 0 bridgehead atoms. The van der Waals surface area contributed by atoms with Crippen molar-refractivity contribution < 1.29 is 4.74 Å². The molecule has 1 saturated heterocycles. The van der Waals surface area contributed by atoms with Gasteiger partial charge in [0.2, 0.25) is 0 Å². The average molecular weight is 183 g/mol. The smallest absolute Gasteiger partial charge is 0.0625 e. The third-order valence-electron chi connectivity index (χ3n) is 3.19. The zero-order valence-electron chi connectivity index (χ0n) is 9.05. The molecule has 76 valence electrons. The van der Waals surface area contributed by atoms with Gasteiger partial charge in [-0.15, -0.1) is 0 Å². The van der Waals surface area contributed by atoms with Gasteiger partial charge in [0.05, 0.1) is 13.2 Å². The number of nitrogens with zero attached hydrogens (tertiary/aromatic N) is 1. The van der Waals surface area contributed by atoms with E-state index in [1.165, 1.54) is 12.8 Å². The SMILES string of the molecule is CC(C)(C)N1CCOCC1C1CC1. The van der Waals surface area contributed by atoms with Crippen LogP contribution in [0, 0.1) is 5.92 Å². The van der Waals surface area contributed by atoms with Gasteiger partial charge in [-0.05, 0) is 39.5 Å². The van der Waals surface area contributed by atoms with Crippen molar-refractivity contribution >= 4 is 0 Å². The van der Waals surface area contributed by atoms with Crippen LogP contribution < -0.4 is 0 Å². The predicted molar refractivity (Wildman–Crippen MR) is 53.8 cm³/mol. The van der Waals surface area contributed by atoms with Gasteiger partial charge < -0.3 is 4.74 Å². The standard InChI is InChI=1S/C11H21NO/c1-11(2,3)12-6-7-13-8-10(12)9-4-5-9/h9-10H,4-8H2,1-3H3. The highest BCUT2D eigenvalue weighted by atomic mass is 16.5. The maximum absolute atomic E-state index is 5.57. The molecule has 0 radical (unpaired) electrons. The fourth-order valence-corrected chi connectivity index (χ4v) is 2.33. The molecule has 1 aliphatic carbocycles. The molecule has 2 heteroatoms. The van der Waals surface area contributed by atoms with E-state index in [0.29, 0.717) is 11.6 Å². The molecule has 1 heterocycles. The second kappa shape index (κ2) is 3.25. The van der Waals surface area contributed by atoms with Crippen LogP contribution in [0.4, 0.5) is 0 Å². The Morgan fingerprint density at radius 2 is 1.92 bits per heavy atom. The van der Waals surface area contributed by atoms with Crippen molar-refractivity contribution in [1.82, 2.24) is 4.90 Å². The molecule has 1 atom stereocenters. The summed E-state index contributed by atoms with van der Waals surface area (Å²) in [7, 11) is 0. The van der Waals surface area contributed by atoms with Crippen LogP contribution in [0.2, 0.25) is 0 Å². The zero-order chi connectivity index (χ0) is 9.47. The first-order valence-corrected chi connectivity index (χ1v) is 5.43. The summed E-state index contributed by atoms with van der Waals surface area (Å²) in [5, 5.41) is 0. The molecular weight excluding hydrogens is 162 g/mol. The quantitative estimate of drug-likeness (QED) is 0.615. The first kappa shape index (κ1) is 9.47. The van der Waals surface area contributed by atoms with Gasteiger partial charge >= 0.3 is 0 Å². The third-order valence-corrected chi connectivity index (χ3v) is 3.19. The van der Waals surface area contributed by atoms with Crippen molar-refractivity contribution in [3.63, 3.8) is 0 Å². The summed E-state index contributed by atoms with van der Waals surface area (Å²) in [6.45, 7) is 9.93. The van der Waals surface area contributed by atoms with E-state index in [1.54, 1.807) is 0 Å². The number of morpholine rings is 1. The highest BCUT2D eigenvalue weighted by Gasteiger charge is 2.40. The van der Waals surface area contributed by atoms with E-state index < -0.39 is 0 Å². The van der Waals surface area contributed by atoms with Crippen LogP contribution in [0.15, 0.2) is 0 Å². The second-order valence-corrected chi connectivity index (χ2v) is 5.34. The van der Waals surface area contributed by atoms with E-state index in [0.717, 1.165) is 25.7 Å². The fourth-order valence-electron chi connectivity index (χ4n) is 2.33. The zero-order valence-corrected chi connectivity index (χ0v) is 9.05. The monoisotopic (exact) mass is 183 g/mol. The van der Waals surface area contributed by atoms with Crippen LogP contribution in [-0.2, 0) is 4.74 Å². The molecule has 13 heavy (non-hydrogen) atoms. The van der Waals surface area contributed by atoms with E-state index in [-0.39, 0.29) is 0 Å². The summed E-state index contributed by atoms with van der Waals surface area (Å²) in [6, 6.07) is 0.703. The third kappa shape index (κ3) is 2.05. The van der Waals surface area contributed by atoms with E-state index >= 15 is 0 Å². The summed E-state index contributed by atoms with van der Waals surface area (Å²) in [5.41, 5.74) is 0.317. The Labute approximate surface area is 81.3 Å². The molecule has 0 N–H and O–H groups in total. The molecule has 0 spiro atoms. The Balaban J connectivity index is 2.03. The Kier molecular flexibility index (Phi) is 2.37. The van der Waals surface area contributed by atoms with Gasteiger partial charge in [-0.1, -0.05) is 0 Å². The number of ether oxygens (including phenoxy) is 1. The summed E-state index contributed by atoms with van der Waals surface area (Å²) < 4.78 is 5.57. The normalized spacial score (nSPS) is 32.1. The van der Waals surface area contributed by atoms with Crippen LogP contribution >= 0.6 is 0 Å². The van der Waals surface area contributed by atoms with E-state index in [2.05, 4.69) is 25.7 Å². The van der Waals surface area contributed by atoms with Crippen LogP contribution in [-0.4, -0.2) is 36.2 Å². The minimum absolute atomic E-state index is 0.317. The largest absolute Gasteiger partial charge is 0.378 e. The molecule has 2 rings (SSSR count). The van der Waals surface area contributed by atoms with Gasteiger partial charge in [0.15, 0.2) is 0 Å². The number of hydrogen-bond acceptors (Lipinski definition) is 2. The maximum atomic E-state index is 5.57. The lowest BCUT2D eigenvalue weighted by Gasteiger charge is -2.44. The lowest BCUT2D eigenvalue weighted by Crippen LogP contribution is -2.55. The minimum atomic E-state index is 0.317. The molecule has 2 aliphatic rings. The molecular formula is C11H21NO. The Bertz CT molecular complexity index is 181. The molecule has 2 nitrogen and oxygen atoms in total. The van der Waals surface area contributed by atoms with Crippen LogP contribution in [0.1, 0.15) is 33.6 Å². The highest BCUT2D eigenvalue weighted by Crippen LogP contribution is 2.38. The maximum Gasteiger partial charge on any atom is 0.0625 e. The van der Waals surface area contributed by atoms with Gasteiger partial charge in [0.25, 0.3) is 0 Å². The molecule has 1 unspecified atom stereocenters. The Hall–Kier alpha value is -0.0800. The van der Waals surface area contributed by atoms with Crippen molar-refractivity contribution in [2.45, 2.75) is 45.2 Å². The van der Waals surface area contributed by atoms with Crippen LogP contribution in [0.25, 0.3) is 0 Å². The fraction of sp³-hybridized carbons (Fsp3) is 1.00. The van der Waals surface area contributed by atoms with Gasteiger partial charge in [-0.2, -0.15) is 0 Å². The first-order chi connectivity index (χ1) is 6.09. The van der Waals surface area contributed by atoms with Gasteiger partial charge in [0, 0.05) is 18.1 Å². The van der Waals surface area contributed by atoms with E-state index in [1.807, 2.05) is 0 Å². The van der Waals surface area contributed by atoms with Crippen LogP contribution in [0.3, 0.4) is 0 Å². The van der Waals surface area contributed by atoms with Crippen molar-refractivity contribution in [2.75, 3.05) is 19.8 Å². The molecule has 0 aromatic rings. The summed E-state index contributed by atoms with van der Waals surface area (Å²) in [4.78, 5) is 2.63. The molecule has 2 fully saturated rings.